The van der Waals surface area contributed by atoms with Gasteiger partial charge in [0.05, 0.1) is 0 Å². The molecule has 0 amide bonds. The van der Waals surface area contributed by atoms with Crippen molar-refractivity contribution >= 4 is 57.8 Å². The maximum atomic E-state index is 13.3. The van der Waals surface area contributed by atoms with Crippen LogP contribution in [0.1, 0.15) is 119 Å². The van der Waals surface area contributed by atoms with Crippen LogP contribution in [-0.4, -0.2) is 56.2 Å². The Labute approximate surface area is 418 Å². The Kier molecular flexibility index (Phi) is 21.7. The fraction of sp³-hybridized carbons (Fsp3) is 0.333. The largest absolute Gasteiger partial charge is 0.508 e. The van der Waals surface area contributed by atoms with Crippen molar-refractivity contribution in [2.75, 3.05) is 0 Å². The predicted octanol–water partition coefficient (Wildman–Crippen LogP) is 10.2. The minimum Gasteiger partial charge on any atom is -0.508 e. The number of aromatic hydroxyl groups is 4. The van der Waals surface area contributed by atoms with Crippen LogP contribution in [-0.2, 0) is 33.5 Å². The number of carbonyl (C=O) groups is 6. The highest BCUT2D eigenvalue weighted by atomic mass is 16.6. The van der Waals surface area contributed by atoms with E-state index in [1.807, 2.05) is 41.5 Å². The summed E-state index contributed by atoms with van der Waals surface area (Å²) in [5.41, 5.74) is -0.269. The molecule has 4 aromatic carbocycles. The lowest BCUT2D eigenvalue weighted by atomic mass is 10.1. The maximum Gasteiger partial charge on any atom is 0.313 e. The summed E-state index contributed by atoms with van der Waals surface area (Å²) in [5.74, 6) is -3.93. The van der Waals surface area contributed by atoms with Gasteiger partial charge < -0.3 is 52.9 Å². The lowest BCUT2D eigenvalue weighted by Crippen LogP contribution is -2.12. The molecule has 2 aromatic heterocycles. The van der Waals surface area contributed by atoms with Gasteiger partial charge >= 0.3 is 35.8 Å². The normalized spacial score (nSPS) is 10.5. The first kappa shape index (κ1) is 57.1. The van der Waals surface area contributed by atoms with Crippen LogP contribution >= 0.6 is 0 Å². The molecule has 0 bridgehead atoms. The van der Waals surface area contributed by atoms with E-state index in [0.717, 1.165) is 25.0 Å². The van der Waals surface area contributed by atoms with Crippen molar-refractivity contribution in [1.82, 2.24) is 0 Å². The second-order valence-electron chi connectivity index (χ2n) is 16.2. The van der Waals surface area contributed by atoms with Crippen LogP contribution < -0.4 is 29.8 Å². The van der Waals surface area contributed by atoms with Crippen molar-refractivity contribution < 1.29 is 81.7 Å². The summed E-state index contributed by atoms with van der Waals surface area (Å²) in [6, 6.07) is 15.7. The Morgan fingerprint density at radius 1 is 0.411 bits per heavy atom. The number of benzene rings is 4. The van der Waals surface area contributed by atoms with Gasteiger partial charge in [-0.2, -0.15) is 0 Å². The molecule has 0 spiro atoms. The SMILES string of the molecule is CCCC(=O)OC(=O)CCC.CCCC(=O)Oc1cc(OC(=O)CCC)c2c(=O)cc(-c3ccc(OC(=O)CCC)c(OC(=O)CCC)c3)oc2c1.O=c1cc(-c2ccc(O)c(O)c2)oc2cc(O)cc(O)c12. The fourth-order valence-corrected chi connectivity index (χ4v) is 6.57. The van der Waals surface area contributed by atoms with Gasteiger partial charge in [0.25, 0.3) is 0 Å². The van der Waals surface area contributed by atoms with Crippen molar-refractivity contribution in [3.63, 3.8) is 0 Å². The van der Waals surface area contributed by atoms with Crippen LogP contribution in [0.25, 0.3) is 44.6 Å². The molecule has 2 heterocycles. The standard InChI is InChI=1S/C31H34O10.C15H10O6.C8H14O3/c1-5-9-27(33)37-20-16-25-31(26(17-20)41-30(36)12-8-4)21(32)18-23(38-25)19-13-14-22(39-28(34)10-6-2)24(15-19)40-29(35)11-7-3;16-8-4-11(19)15-12(20)6-13(21-14(15)5-8)7-1-2-9(17)10(18)3-7;1-3-5-7(9)11-8(10)6-4-2/h13-18H,5-12H2,1-4H3;1-6,16-19H;3-6H2,1-2H3. The van der Waals surface area contributed by atoms with Crippen molar-refractivity contribution in [2.24, 2.45) is 0 Å². The van der Waals surface area contributed by atoms with Gasteiger partial charge in [-0.25, -0.2) is 0 Å². The van der Waals surface area contributed by atoms with E-state index >= 15 is 0 Å². The van der Waals surface area contributed by atoms with E-state index < -0.39 is 46.7 Å². The number of phenols is 4. The highest BCUT2D eigenvalue weighted by Gasteiger charge is 2.21. The smallest absolute Gasteiger partial charge is 0.313 e. The Morgan fingerprint density at radius 3 is 1.37 bits per heavy atom. The number of fused-ring (bicyclic) bond motifs is 2. The van der Waals surface area contributed by atoms with E-state index in [-0.39, 0.29) is 105 Å². The summed E-state index contributed by atoms with van der Waals surface area (Å²) in [5, 5.41) is 37.8. The summed E-state index contributed by atoms with van der Waals surface area (Å²) < 4.78 is 37.6. The summed E-state index contributed by atoms with van der Waals surface area (Å²) >= 11 is 0. The van der Waals surface area contributed by atoms with Gasteiger partial charge in [-0.3, -0.25) is 38.4 Å². The van der Waals surface area contributed by atoms with E-state index in [2.05, 4.69) is 4.74 Å². The van der Waals surface area contributed by atoms with Crippen molar-refractivity contribution in [1.29, 1.82) is 0 Å². The average Bonchev–Trinajstić information content (AvgIpc) is 3.30. The lowest BCUT2D eigenvalue weighted by molar-refractivity contribution is -0.159. The van der Waals surface area contributed by atoms with Gasteiger partial charge in [0.1, 0.15) is 56.5 Å². The lowest BCUT2D eigenvalue weighted by Gasteiger charge is -2.13. The molecule has 0 atom stereocenters. The molecule has 6 rings (SSSR count). The van der Waals surface area contributed by atoms with Crippen molar-refractivity contribution in [2.45, 2.75) is 119 Å². The van der Waals surface area contributed by atoms with Crippen molar-refractivity contribution in [3.05, 3.63) is 93.2 Å². The Balaban J connectivity index is 0.000000296. The predicted molar refractivity (Wildman–Crippen MR) is 266 cm³/mol. The molecule has 0 fully saturated rings. The third kappa shape index (κ3) is 16.8. The summed E-state index contributed by atoms with van der Waals surface area (Å²) in [7, 11) is 0. The van der Waals surface area contributed by atoms with E-state index in [9.17, 15) is 58.8 Å². The van der Waals surface area contributed by atoms with E-state index in [0.29, 0.717) is 49.7 Å². The molecule has 73 heavy (non-hydrogen) atoms. The summed E-state index contributed by atoms with van der Waals surface area (Å²) in [6.45, 7) is 11.0. The molecule has 4 N–H and O–H groups in total. The molecule has 0 aliphatic heterocycles. The number of rotatable bonds is 18. The Bertz CT molecular complexity index is 3060. The van der Waals surface area contributed by atoms with Crippen LogP contribution in [0.5, 0.6) is 46.0 Å². The molecule has 19 heteroatoms. The molecule has 6 aromatic rings. The third-order valence-corrected chi connectivity index (χ3v) is 9.91. The number of hydrogen-bond acceptors (Lipinski definition) is 19. The fourth-order valence-electron chi connectivity index (χ4n) is 6.57. The van der Waals surface area contributed by atoms with E-state index in [4.69, 9.17) is 27.8 Å². The highest BCUT2D eigenvalue weighted by Crippen LogP contribution is 2.37. The molecule has 0 saturated carbocycles. The van der Waals surface area contributed by atoms with Crippen LogP contribution in [0.4, 0.5) is 0 Å². The van der Waals surface area contributed by atoms with Gasteiger partial charge in [0.2, 0.25) is 0 Å². The molecule has 388 valence electrons. The van der Waals surface area contributed by atoms with Gasteiger partial charge in [-0.1, -0.05) is 41.5 Å². The third-order valence-electron chi connectivity index (χ3n) is 9.91. The molecule has 0 aliphatic rings. The van der Waals surface area contributed by atoms with Crippen LogP contribution in [0.15, 0.2) is 91.2 Å². The second kappa shape index (κ2) is 27.8. The van der Waals surface area contributed by atoms with Gasteiger partial charge in [0, 0.05) is 86.1 Å². The second-order valence-corrected chi connectivity index (χ2v) is 16.2. The maximum absolute atomic E-state index is 13.3. The zero-order valence-corrected chi connectivity index (χ0v) is 41.3. The van der Waals surface area contributed by atoms with Crippen LogP contribution in [0, 0.1) is 0 Å². The topological polar surface area (TPSA) is 290 Å². The number of hydrogen-bond donors (Lipinski definition) is 4. The zero-order valence-electron chi connectivity index (χ0n) is 41.3. The van der Waals surface area contributed by atoms with Gasteiger partial charge in [0.15, 0.2) is 33.9 Å². The molecule has 19 nitrogen and oxygen atoms in total. The number of ether oxygens (including phenoxy) is 5. The van der Waals surface area contributed by atoms with E-state index in [1.165, 1.54) is 54.6 Å². The first-order valence-electron chi connectivity index (χ1n) is 23.7. The van der Waals surface area contributed by atoms with E-state index in [1.54, 1.807) is 6.07 Å². The zero-order chi connectivity index (χ0) is 53.8. The first-order chi connectivity index (χ1) is 34.8. The quantitative estimate of drug-likeness (QED) is 0.0269. The molecular formula is C54H58O19. The molecular weight excluding hydrogens is 953 g/mol. The molecule has 0 aliphatic carbocycles. The first-order valence-corrected chi connectivity index (χ1v) is 23.7. The minimum absolute atomic E-state index is 0.00629. The number of carbonyl (C=O) groups excluding carboxylic acids is 6. The average molecular weight is 1010 g/mol. The number of esters is 6. The van der Waals surface area contributed by atoms with Crippen molar-refractivity contribution in [3.8, 4) is 68.6 Å². The monoisotopic (exact) mass is 1010 g/mol. The van der Waals surface area contributed by atoms with Crippen LogP contribution in [0.2, 0.25) is 0 Å². The Hall–Kier alpha value is -8.48. The minimum atomic E-state index is -0.555. The van der Waals surface area contributed by atoms with Gasteiger partial charge in [-0.05, 0) is 74.9 Å². The Morgan fingerprint density at radius 2 is 0.849 bits per heavy atom. The summed E-state index contributed by atoms with van der Waals surface area (Å²) in [4.78, 5) is 95.5. The molecule has 0 radical (unpaired) electrons. The number of phenolic OH excluding ortho intramolecular Hbond substituents is 4. The highest BCUT2D eigenvalue weighted by molar-refractivity contribution is 5.90. The molecule has 0 saturated heterocycles. The van der Waals surface area contributed by atoms with Gasteiger partial charge in [-0.15, -0.1) is 0 Å². The molecule has 0 unspecified atom stereocenters. The summed E-state index contributed by atoms with van der Waals surface area (Å²) in [6.07, 6.45) is 4.96. The van der Waals surface area contributed by atoms with Crippen LogP contribution in [0.3, 0.4) is 0 Å².